The van der Waals surface area contributed by atoms with Crippen LogP contribution >= 0.6 is 0 Å². The molecule has 0 bridgehead atoms. The van der Waals surface area contributed by atoms with Crippen LogP contribution in [0.25, 0.3) is 10.9 Å². The van der Waals surface area contributed by atoms with E-state index in [1.165, 1.54) is 6.20 Å². The van der Waals surface area contributed by atoms with Crippen LogP contribution in [-0.2, 0) is 6.54 Å². The molecule has 116 valence electrons. The van der Waals surface area contributed by atoms with Crippen molar-refractivity contribution in [3.63, 3.8) is 0 Å². The van der Waals surface area contributed by atoms with Gasteiger partial charge < -0.3 is 9.67 Å². The molecule has 0 fully saturated rings. The summed E-state index contributed by atoms with van der Waals surface area (Å²) in [6.45, 7) is 4.58. The van der Waals surface area contributed by atoms with Crippen LogP contribution in [0.3, 0.4) is 0 Å². The van der Waals surface area contributed by atoms with E-state index in [9.17, 15) is 14.7 Å². The fourth-order valence-electron chi connectivity index (χ4n) is 2.99. The molecule has 0 aliphatic carbocycles. The zero-order valence-electron chi connectivity index (χ0n) is 13.0. The monoisotopic (exact) mass is 307 g/mol. The summed E-state index contributed by atoms with van der Waals surface area (Å²) >= 11 is 0. The number of benzene rings is 2. The number of carboxylic acids is 1. The van der Waals surface area contributed by atoms with Crippen molar-refractivity contribution >= 4 is 16.9 Å². The van der Waals surface area contributed by atoms with Gasteiger partial charge in [-0.3, -0.25) is 4.79 Å². The zero-order valence-corrected chi connectivity index (χ0v) is 13.0. The van der Waals surface area contributed by atoms with Gasteiger partial charge in [-0.25, -0.2) is 4.79 Å². The molecule has 1 heterocycles. The molecular weight excluding hydrogens is 290 g/mol. The minimum absolute atomic E-state index is 0.201. The Bertz CT molecular complexity index is 950. The lowest BCUT2D eigenvalue weighted by Gasteiger charge is -2.13. The minimum Gasteiger partial charge on any atom is -0.477 e. The van der Waals surface area contributed by atoms with Crippen LogP contribution < -0.4 is 5.43 Å². The Balaban J connectivity index is 2.22. The Kier molecular flexibility index (Phi) is 3.74. The number of carbonyl (C=O) groups is 1. The SMILES string of the molecule is Cc1cc(C)cc(Cn2cc(C(=O)O)c(=O)c3ccccc32)c1. The van der Waals surface area contributed by atoms with E-state index < -0.39 is 11.4 Å². The lowest BCUT2D eigenvalue weighted by molar-refractivity contribution is 0.0695. The molecule has 4 nitrogen and oxygen atoms in total. The second kappa shape index (κ2) is 5.72. The molecule has 23 heavy (non-hydrogen) atoms. The lowest BCUT2D eigenvalue weighted by atomic mass is 10.1. The van der Waals surface area contributed by atoms with Crippen LogP contribution in [0.15, 0.2) is 53.5 Å². The summed E-state index contributed by atoms with van der Waals surface area (Å²) in [6, 6.07) is 13.3. The molecule has 2 aromatic carbocycles. The first-order valence-electron chi connectivity index (χ1n) is 7.38. The number of hydrogen-bond acceptors (Lipinski definition) is 2. The van der Waals surface area contributed by atoms with Crippen molar-refractivity contribution in [2.45, 2.75) is 20.4 Å². The number of carboxylic acid groups (broad SMARTS) is 1. The molecule has 1 aromatic heterocycles. The number of nitrogens with zero attached hydrogens (tertiary/aromatic N) is 1. The summed E-state index contributed by atoms with van der Waals surface area (Å²) in [5.74, 6) is -1.20. The van der Waals surface area contributed by atoms with Gasteiger partial charge in [-0.05, 0) is 31.5 Å². The van der Waals surface area contributed by atoms with Crippen LogP contribution in [0.2, 0.25) is 0 Å². The fourth-order valence-corrected chi connectivity index (χ4v) is 2.99. The standard InChI is InChI=1S/C19H17NO3/c1-12-7-13(2)9-14(8-12)10-20-11-16(19(22)23)18(21)15-5-3-4-6-17(15)20/h3-9,11H,10H2,1-2H3,(H,22,23). The molecule has 1 N–H and O–H groups in total. The second-order valence-electron chi connectivity index (χ2n) is 5.82. The second-order valence-corrected chi connectivity index (χ2v) is 5.82. The first-order valence-corrected chi connectivity index (χ1v) is 7.38. The van der Waals surface area contributed by atoms with E-state index in [2.05, 4.69) is 18.2 Å². The molecule has 0 spiro atoms. The van der Waals surface area contributed by atoms with Crippen molar-refractivity contribution < 1.29 is 9.90 Å². The third kappa shape index (κ3) is 2.88. The van der Waals surface area contributed by atoms with Gasteiger partial charge in [-0.1, -0.05) is 41.5 Å². The van der Waals surface area contributed by atoms with Gasteiger partial charge in [0.25, 0.3) is 0 Å². The van der Waals surface area contributed by atoms with Crippen molar-refractivity contribution in [3.8, 4) is 0 Å². The summed E-state index contributed by atoms with van der Waals surface area (Å²) < 4.78 is 1.83. The molecule has 0 saturated heterocycles. The maximum Gasteiger partial charge on any atom is 0.341 e. The molecule has 0 aliphatic heterocycles. The number of aromatic carboxylic acids is 1. The third-order valence-corrected chi connectivity index (χ3v) is 3.85. The Labute approximate surface area is 133 Å². The summed E-state index contributed by atoms with van der Waals surface area (Å²) in [6.07, 6.45) is 1.44. The maximum absolute atomic E-state index is 12.3. The van der Waals surface area contributed by atoms with E-state index in [4.69, 9.17) is 0 Å². The van der Waals surface area contributed by atoms with Crippen LogP contribution in [-0.4, -0.2) is 15.6 Å². The molecule has 3 aromatic rings. The highest BCUT2D eigenvalue weighted by Crippen LogP contribution is 2.16. The van der Waals surface area contributed by atoms with Crippen molar-refractivity contribution in [3.05, 3.63) is 81.1 Å². The molecule has 0 aliphatic rings. The highest BCUT2D eigenvalue weighted by molar-refractivity contribution is 5.92. The van der Waals surface area contributed by atoms with Crippen molar-refractivity contribution in [1.82, 2.24) is 4.57 Å². The van der Waals surface area contributed by atoms with Gasteiger partial charge in [-0.2, -0.15) is 0 Å². The largest absolute Gasteiger partial charge is 0.477 e. The van der Waals surface area contributed by atoms with Crippen molar-refractivity contribution in [2.75, 3.05) is 0 Å². The minimum atomic E-state index is -1.20. The average Bonchev–Trinajstić information content (AvgIpc) is 2.49. The topological polar surface area (TPSA) is 59.3 Å². The third-order valence-electron chi connectivity index (χ3n) is 3.85. The van der Waals surface area contributed by atoms with Gasteiger partial charge in [0.05, 0.1) is 5.52 Å². The predicted molar refractivity (Wildman–Crippen MR) is 90.2 cm³/mol. The van der Waals surface area contributed by atoms with E-state index in [1.54, 1.807) is 12.1 Å². The predicted octanol–water partition coefficient (Wildman–Crippen LogP) is 3.36. The quantitative estimate of drug-likeness (QED) is 0.807. The number of para-hydroxylation sites is 1. The first kappa shape index (κ1) is 15.0. The maximum atomic E-state index is 12.3. The molecular formula is C19H17NO3. The van der Waals surface area contributed by atoms with Gasteiger partial charge in [-0.15, -0.1) is 0 Å². The van der Waals surface area contributed by atoms with Gasteiger partial charge in [0.2, 0.25) is 5.43 Å². The van der Waals surface area contributed by atoms with Crippen LogP contribution in [0.4, 0.5) is 0 Å². The van der Waals surface area contributed by atoms with E-state index in [0.29, 0.717) is 11.9 Å². The van der Waals surface area contributed by atoms with Gasteiger partial charge >= 0.3 is 5.97 Å². The van der Waals surface area contributed by atoms with Crippen molar-refractivity contribution in [2.24, 2.45) is 0 Å². The Morgan fingerprint density at radius 2 is 1.74 bits per heavy atom. The molecule has 3 rings (SSSR count). The highest BCUT2D eigenvalue weighted by atomic mass is 16.4. The van der Waals surface area contributed by atoms with Crippen molar-refractivity contribution in [1.29, 1.82) is 0 Å². The van der Waals surface area contributed by atoms with E-state index in [0.717, 1.165) is 22.2 Å². The molecule has 0 saturated carbocycles. The first-order chi connectivity index (χ1) is 11.0. The summed E-state index contributed by atoms with van der Waals surface area (Å²) in [7, 11) is 0. The fraction of sp³-hybridized carbons (Fsp3) is 0.158. The number of hydrogen-bond donors (Lipinski definition) is 1. The van der Waals surface area contributed by atoms with Crippen LogP contribution in [0.5, 0.6) is 0 Å². The Hall–Kier alpha value is -2.88. The summed E-state index contributed by atoms with van der Waals surface area (Å²) in [4.78, 5) is 23.7. The number of fused-ring (bicyclic) bond motifs is 1. The molecule has 0 radical (unpaired) electrons. The number of aromatic nitrogens is 1. The van der Waals surface area contributed by atoms with Crippen LogP contribution in [0, 0.1) is 13.8 Å². The van der Waals surface area contributed by atoms with Gasteiger partial charge in [0.15, 0.2) is 0 Å². The Morgan fingerprint density at radius 1 is 1.09 bits per heavy atom. The van der Waals surface area contributed by atoms with Crippen LogP contribution in [0.1, 0.15) is 27.0 Å². The van der Waals surface area contributed by atoms with E-state index in [1.807, 2.05) is 30.5 Å². The number of aryl methyl sites for hydroxylation is 2. The Morgan fingerprint density at radius 3 is 2.39 bits per heavy atom. The molecule has 0 unspecified atom stereocenters. The van der Waals surface area contributed by atoms with Gasteiger partial charge in [0.1, 0.15) is 5.56 Å². The molecule has 4 heteroatoms. The zero-order chi connectivity index (χ0) is 16.6. The van der Waals surface area contributed by atoms with Gasteiger partial charge in [0, 0.05) is 18.1 Å². The summed E-state index contributed by atoms with van der Waals surface area (Å²) in [5.41, 5.74) is 3.49. The lowest BCUT2D eigenvalue weighted by Crippen LogP contribution is -2.19. The summed E-state index contributed by atoms with van der Waals surface area (Å²) in [5, 5.41) is 9.72. The smallest absolute Gasteiger partial charge is 0.341 e. The van der Waals surface area contributed by atoms with E-state index >= 15 is 0 Å². The normalized spacial score (nSPS) is 10.9. The average molecular weight is 307 g/mol. The molecule has 0 atom stereocenters. The molecule has 0 amide bonds. The number of rotatable bonds is 3. The number of pyridine rings is 1. The highest BCUT2D eigenvalue weighted by Gasteiger charge is 2.14. The van der Waals surface area contributed by atoms with E-state index in [-0.39, 0.29) is 5.56 Å².